The Kier molecular flexibility index (Phi) is 10.6. The lowest BCUT2D eigenvalue weighted by Crippen LogP contribution is -2.35. The van der Waals surface area contributed by atoms with Gasteiger partial charge in [0.05, 0.1) is 26.5 Å². The van der Waals surface area contributed by atoms with Crippen LogP contribution in [0.25, 0.3) is 5.83 Å². The summed E-state index contributed by atoms with van der Waals surface area (Å²) in [5, 5.41) is -0.603. The molecule has 0 saturated heterocycles. The van der Waals surface area contributed by atoms with Crippen LogP contribution in [0.1, 0.15) is 52.7 Å². The van der Waals surface area contributed by atoms with Crippen LogP contribution in [0.3, 0.4) is 0 Å². The third-order valence-corrected chi connectivity index (χ3v) is 6.73. The first kappa shape index (κ1) is 33.8. The van der Waals surface area contributed by atoms with Gasteiger partial charge in [-0.3, -0.25) is 9.59 Å². The monoisotopic (exact) mass is 641 g/mol. The van der Waals surface area contributed by atoms with E-state index in [1.54, 1.807) is 0 Å². The fourth-order valence-corrected chi connectivity index (χ4v) is 4.22. The molecule has 15 heteroatoms. The number of amides is 1. The maximum atomic E-state index is 15.1. The van der Waals surface area contributed by atoms with Crippen molar-refractivity contribution in [3.05, 3.63) is 73.7 Å². The highest BCUT2D eigenvalue weighted by molar-refractivity contribution is 6.48. The van der Waals surface area contributed by atoms with Crippen LogP contribution in [0.5, 0.6) is 0 Å². The highest BCUT2D eigenvalue weighted by atomic mass is 35.5. The molecular formula is C25H19Cl3F9NO2. The molecule has 0 radical (unpaired) electrons. The summed E-state index contributed by atoms with van der Waals surface area (Å²) in [6, 6.07) is 3.55. The molecule has 2 rings (SSSR count). The van der Waals surface area contributed by atoms with E-state index in [0.717, 1.165) is 25.2 Å². The number of hydrogen-bond acceptors (Lipinski definition) is 2. The second-order valence-corrected chi connectivity index (χ2v) is 9.99. The van der Waals surface area contributed by atoms with Gasteiger partial charge >= 0.3 is 12.4 Å². The van der Waals surface area contributed by atoms with Crippen molar-refractivity contribution in [1.29, 1.82) is 0 Å². The van der Waals surface area contributed by atoms with Crippen LogP contribution >= 0.6 is 34.8 Å². The largest absolute Gasteiger partial charge is 0.417 e. The van der Waals surface area contributed by atoms with Crippen LogP contribution in [0.2, 0.25) is 15.1 Å². The average molecular weight is 643 g/mol. The van der Waals surface area contributed by atoms with E-state index in [4.69, 9.17) is 34.8 Å². The molecule has 0 N–H and O–H groups in total. The number of allylic oxidation sites excluding steroid dienone is 1. The van der Waals surface area contributed by atoms with Crippen molar-refractivity contribution in [3.8, 4) is 0 Å². The minimum atomic E-state index is -5.22. The minimum absolute atomic E-state index is 0.154. The maximum Gasteiger partial charge on any atom is 0.417 e. The minimum Gasteiger partial charge on any atom is -0.337 e. The van der Waals surface area contributed by atoms with E-state index in [0.29, 0.717) is 19.1 Å². The highest BCUT2D eigenvalue weighted by Gasteiger charge is 2.38. The zero-order chi connectivity index (χ0) is 30.8. The summed E-state index contributed by atoms with van der Waals surface area (Å²) in [7, 11) is 0.810. The molecule has 0 fully saturated rings. The normalized spacial score (nSPS) is 13.8. The SMILES string of the molecule is CN(CC(F)(F)F)C(=O)CCC(=O)c1ccc(/C(F)=C/C(c2cc(Cl)c(Cl)c(Cl)c2)C(C)(F)F)cc1C(F)(F)F. The average Bonchev–Trinajstić information content (AvgIpc) is 2.80. The first-order valence-electron chi connectivity index (χ1n) is 11.1. The highest BCUT2D eigenvalue weighted by Crippen LogP contribution is 2.42. The van der Waals surface area contributed by atoms with Gasteiger partial charge < -0.3 is 4.90 Å². The Balaban J connectivity index is 2.42. The molecule has 0 heterocycles. The molecule has 1 unspecified atom stereocenters. The fourth-order valence-electron chi connectivity index (χ4n) is 3.61. The van der Waals surface area contributed by atoms with Gasteiger partial charge in [0.2, 0.25) is 5.91 Å². The van der Waals surface area contributed by atoms with Gasteiger partial charge in [0.1, 0.15) is 12.4 Å². The van der Waals surface area contributed by atoms with E-state index in [1.807, 2.05) is 0 Å². The van der Waals surface area contributed by atoms with E-state index in [1.165, 1.54) is 0 Å². The Morgan fingerprint density at radius 3 is 1.95 bits per heavy atom. The predicted octanol–water partition coefficient (Wildman–Crippen LogP) is 9.40. The summed E-state index contributed by atoms with van der Waals surface area (Å²) < 4.78 is 122. The summed E-state index contributed by atoms with van der Waals surface area (Å²) in [6.07, 6.45) is -11.3. The molecule has 0 aromatic heterocycles. The summed E-state index contributed by atoms with van der Waals surface area (Å²) in [6.45, 7) is -1.19. The standard InChI is InChI=1S/C25H19Cl3F9NO2/c1-23(30,31)15(13-8-17(26)22(28)18(27)9-13)10-19(29)12-3-4-14(16(7-12)25(35,36)37)20(39)5-6-21(40)38(2)11-24(32,33)34/h3-4,7-10,15H,5-6,11H2,1-2H3/b19-10-. The van der Waals surface area contributed by atoms with Gasteiger partial charge in [-0.05, 0) is 29.8 Å². The van der Waals surface area contributed by atoms with Gasteiger partial charge in [-0.15, -0.1) is 0 Å². The molecule has 0 aliphatic rings. The van der Waals surface area contributed by atoms with Gasteiger partial charge in [0, 0.05) is 37.9 Å². The van der Waals surface area contributed by atoms with E-state index in [2.05, 4.69) is 0 Å². The number of hydrogen-bond donors (Lipinski definition) is 0. The molecule has 0 bridgehead atoms. The van der Waals surface area contributed by atoms with Crippen molar-refractivity contribution in [2.24, 2.45) is 0 Å². The smallest absolute Gasteiger partial charge is 0.337 e. The summed E-state index contributed by atoms with van der Waals surface area (Å²) >= 11 is 17.5. The first-order chi connectivity index (χ1) is 18.1. The van der Waals surface area contributed by atoms with Gasteiger partial charge in [-0.25, -0.2) is 13.2 Å². The molecule has 1 atom stereocenters. The number of carbonyl (C=O) groups excluding carboxylic acids is 2. The van der Waals surface area contributed by atoms with Crippen LogP contribution < -0.4 is 0 Å². The van der Waals surface area contributed by atoms with Crippen molar-refractivity contribution in [3.63, 3.8) is 0 Å². The molecule has 2 aromatic carbocycles. The Hall–Kier alpha value is -2.44. The number of benzene rings is 2. The first-order valence-corrected chi connectivity index (χ1v) is 12.2. The summed E-state index contributed by atoms with van der Waals surface area (Å²) in [4.78, 5) is 24.6. The quantitative estimate of drug-likeness (QED) is 0.155. The lowest BCUT2D eigenvalue weighted by Gasteiger charge is -2.22. The summed E-state index contributed by atoms with van der Waals surface area (Å²) in [5.74, 6) is -9.58. The zero-order valence-electron chi connectivity index (χ0n) is 20.5. The number of alkyl halides is 8. The topological polar surface area (TPSA) is 37.4 Å². The Bertz CT molecular complexity index is 1280. The fraction of sp³-hybridized carbons (Fsp3) is 0.360. The molecule has 1 amide bonds. The number of ketones is 1. The molecule has 0 aliphatic carbocycles. The molecule has 220 valence electrons. The molecular weight excluding hydrogens is 624 g/mol. The Morgan fingerprint density at radius 1 is 0.925 bits per heavy atom. The van der Waals surface area contributed by atoms with Gasteiger partial charge in [-0.2, -0.15) is 26.3 Å². The number of carbonyl (C=O) groups is 2. The molecule has 0 saturated carbocycles. The number of nitrogens with zero attached hydrogens (tertiary/aromatic N) is 1. The van der Waals surface area contributed by atoms with Crippen molar-refractivity contribution in [2.45, 2.75) is 44.0 Å². The third kappa shape index (κ3) is 9.04. The second kappa shape index (κ2) is 12.6. The molecule has 3 nitrogen and oxygen atoms in total. The Labute approximate surface area is 237 Å². The molecule has 0 spiro atoms. The van der Waals surface area contributed by atoms with E-state index >= 15 is 4.39 Å². The predicted molar refractivity (Wildman–Crippen MR) is 133 cm³/mol. The van der Waals surface area contributed by atoms with Gasteiger partial charge in [0.25, 0.3) is 5.92 Å². The number of halogens is 12. The molecule has 40 heavy (non-hydrogen) atoms. The third-order valence-electron chi connectivity index (χ3n) is 5.53. The number of Topliss-reactive ketones (excluding diaryl/α,β-unsaturated/α-hetero) is 1. The Morgan fingerprint density at radius 2 is 1.48 bits per heavy atom. The van der Waals surface area contributed by atoms with Crippen molar-refractivity contribution in [2.75, 3.05) is 13.6 Å². The van der Waals surface area contributed by atoms with Crippen molar-refractivity contribution >= 4 is 52.3 Å². The van der Waals surface area contributed by atoms with E-state index < -0.39 is 77.8 Å². The van der Waals surface area contributed by atoms with Crippen LogP contribution in [0, 0.1) is 0 Å². The lowest BCUT2D eigenvalue weighted by atomic mass is 9.91. The van der Waals surface area contributed by atoms with Gasteiger partial charge in [0.15, 0.2) is 5.78 Å². The van der Waals surface area contributed by atoms with Crippen molar-refractivity contribution < 1.29 is 49.1 Å². The molecule has 0 aliphatic heterocycles. The maximum absolute atomic E-state index is 15.1. The van der Waals surface area contributed by atoms with Crippen LogP contribution in [0.15, 0.2) is 36.4 Å². The molecule has 2 aromatic rings. The number of rotatable bonds is 9. The van der Waals surface area contributed by atoms with Gasteiger partial charge in [-0.1, -0.05) is 46.9 Å². The van der Waals surface area contributed by atoms with E-state index in [-0.39, 0.29) is 31.6 Å². The summed E-state index contributed by atoms with van der Waals surface area (Å²) in [5.41, 5.74) is -3.70. The van der Waals surface area contributed by atoms with E-state index in [9.17, 15) is 44.7 Å². The lowest BCUT2D eigenvalue weighted by molar-refractivity contribution is -0.158. The second-order valence-electron chi connectivity index (χ2n) is 8.79. The van der Waals surface area contributed by atoms with Crippen molar-refractivity contribution in [1.82, 2.24) is 4.90 Å². The van der Waals surface area contributed by atoms with Crippen LogP contribution in [-0.4, -0.2) is 42.3 Å². The van der Waals surface area contributed by atoms with Crippen LogP contribution in [-0.2, 0) is 11.0 Å². The van der Waals surface area contributed by atoms with Crippen LogP contribution in [0.4, 0.5) is 39.5 Å². The zero-order valence-corrected chi connectivity index (χ0v) is 22.7.